The van der Waals surface area contributed by atoms with E-state index in [0.717, 1.165) is 4.70 Å². The molecule has 94 valence electrons. The number of rotatable bonds is 1. The van der Waals surface area contributed by atoms with E-state index in [2.05, 4.69) is 4.74 Å². The third kappa shape index (κ3) is 2.04. The van der Waals surface area contributed by atoms with Crippen molar-refractivity contribution in [3.63, 3.8) is 0 Å². The molecule has 0 atom stereocenters. The lowest BCUT2D eigenvalue weighted by Gasteiger charge is -2.03. The SMILES string of the molecule is O=C(O)Oc1ccc2c(=O)c3ccccc3sc2c1. The molecule has 0 aliphatic rings. The highest BCUT2D eigenvalue weighted by atomic mass is 32.1. The molecule has 0 bridgehead atoms. The summed E-state index contributed by atoms with van der Waals surface area (Å²) in [6, 6.07) is 12.0. The Morgan fingerprint density at radius 1 is 1.05 bits per heavy atom. The molecule has 5 heteroatoms. The molecule has 3 aromatic rings. The number of carboxylic acid groups (broad SMARTS) is 1. The lowest BCUT2D eigenvalue weighted by molar-refractivity contribution is 0.144. The van der Waals surface area contributed by atoms with Crippen molar-refractivity contribution >= 4 is 37.7 Å². The Hall–Kier alpha value is -2.40. The molecule has 1 N–H and O–H groups in total. The van der Waals surface area contributed by atoms with E-state index < -0.39 is 6.16 Å². The first kappa shape index (κ1) is 11.7. The van der Waals surface area contributed by atoms with Crippen LogP contribution in [0.25, 0.3) is 20.2 Å². The van der Waals surface area contributed by atoms with Gasteiger partial charge in [-0.15, -0.1) is 11.3 Å². The average Bonchev–Trinajstić information content (AvgIpc) is 2.38. The van der Waals surface area contributed by atoms with Crippen molar-refractivity contribution in [2.75, 3.05) is 0 Å². The molecule has 0 unspecified atom stereocenters. The molecule has 0 fully saturated rings. The van der Waals surface area contributed by atoms with Gasteiger partial charge in [0.25, 0.3) is 0 Å². The molecule has 0 radical (unpaired) electrons. The molecule has 0 spiro atoms. The second-order valence-corrected chi connectivity index (χ2v) is 5.04. The summed E-state index contributed by atoms with van der Waals surface area (Å²) in [5.74, 6) is 0.214. The van der Waals surface area contributed by atoms with Crippen LogP contribution in [0, 0.1) is 0 Å². The third-order valence-electron chi connectivity index (χ3n) is 2.75. The van der Waals surface area contributed by atoms with Crippen LogP contribution in [-0.2, 0) is 0 Å². The topological polar surface area (TPSA) is 63.6 Å². The van der Waals surface area contributed by atoms with E-state index >= 15 is 0 Å². The van der Waals surface area contributed by atoms with Crippen molar-refractivity contribution in [3.8, 4) is 5.75 Å². The molecule has 4 nitrogen and oxygen atoms in total. The van der Waals surface area contributed by atoms with E-state index in [0.29, 0.717) is 15.5 Å². The maximum atomic E-state index is 12.3. The second kappa shape index (κ2) is 4.37. The maximum absolute atomic E-state index is 12.3. The Balaban J connectivity index is 2.32. The number of ether oxygens (including phenoxy) is 1. The van der Waals surface area contributed by atoms with E-state index in [4.69, 9.17) is 5.11 Å². The Morgan fingerprint density at radius 3 is 2.58 bits per heavy atom. The van der Waals surface area contributed by atoms with Crippen molar-refractivity contribution in [1.29, 1.82) is 0 Å². The van der Waals surface area contributed by atoms with Crippen LogP contribution in [0.2, 0.25) is 0 Å². The lowest BCUT2D eigenvalue weighted by atomic mass is 10.2. The van der Waals surface area contributed by atoms with Crippen molar-refractivity contribution in [2.45, 2.75) is 0 Å². The first-order valence-electron chi connectivity index (χ1n) is 5.51. The Morgan fingerprint density at radius 2 is 1.79 bits per heavy atom. The van der Waals surface area contributed by atoms with Gasteiger partial charge in [-0.05, 0) is 30.3 Å². The van der Waals surface area contributed by atoms with Crippen LogP contribution in [0.1, 0.15) is 0 Å². The highest BCUT2D eigenvalue weighted by molar-refractivity contribution is 7.24. The van der Waals surface area contributed by atoms with E-state index in [-0.39, 0.29) is 11.2 Å². The number of hydrogen-bond donors (Lipinski definition) is 1. The van der Waals surface area contributed by atoms with Gasteiger partial charge >= 0.3 is 6.16 Å². The molecule has 1 heterocycles. The predicted molar refractivity (Wildman–Crippen MR) is 74.3 cm³/mol. The van der Waals surface area contributed by atoms with Gasteiger partial charge in [0.1, 0.15) is 5.75 Å². The van der Waals surface area contributed by atoms with Gasteiger partial charge in [0, 0.05) is 20.2 Å². The van der Waals surface area contributed by atoms with Gasteiger partial charge in [0.05, 0.1) is 0 Å². The molecule has 0 saturated heterocycles. The van der Waals surface area contributed by atoms with Gasteiger partial charge in [-0.3, -0.25) is 4.79 Å². The Kier molecular flexibility index (Phi) is 2.68. The predicted octanol–water partition coefficient (Wildman–Crippen LogP) is 3.47. The largest absolute Gasteiger partial charge is 0.511 e. The summed E-state index contributed by atoms with van der Waals surface area (Å²) in [5, 5.41) is 9.83. The molecule has 0 amide bonds. The molecule has 0 saturated carbocycles. The minimum Gasteiger partial charge on any atom is -0.449 e. The fourth-order valence-electron chi connectivity index (χ4n) is 1.95. The highest BCUT2D eigenvalue weighted by Crippen LogP contribution is 2.27. The van der Waals surface area contributed by atoms with Crippen LogP contribution in [0.5, 0.6) is 5.75 Å². The molecular formula is C14H8O4S. The normalized spacial score (nSPS) is 10.7. The summed E-state index contributed by atoms with van der Waals surface area (Å²) in [4.78, 5) is 22.8. The van der Waals surface area contributed by atoms with Crippen LogP contribution in [0.4, 0.5) is 4.79 Å². The highest BCUT2D eigenvalue weighted by Gasteiger charge is 2.08. The minimum atomic E-state index is -1.37. The molecule has 3 rings (SSSR count). The summed E-state index contributed by atoms with van der Waals surface area (Å²) in [7, 11) is 0. The second-order valence-electron chi connectivity index (χ2n) is 3.95. The van der Waals surface area contributed by atoms with Crippen LogP contribution in [0.15, 0.2) is 47.3 Å². The van der Waals surface area contributed by atoms with Gasteiger partial charge < -0.3 is 9.84 Å². The number of benzene rings is 2. The summed E-state index contributed by atoms with van der Waals surface area (Å²) in [6.07, 6.45) is -1.37. The van der Waals surface area contributed by atoms with Crippen LogP contribution in [-0.4, -0.2) is 11.3 Å². The zero-order chi connectivity index (χ0) is 13.4. The fourth-order valence-corrected chi connectivity index (χ4v) is 3.05. The van der Waals surface area contributed by atoms with Crippen molar-refractivity contribution in [1.82, 2.24) is 0 Å². The Labute approximate surface area is 111 Å². The third-order valence-corrected chi connectivity index (χ3v) is 3.89. The van der Waals surface area contributed by atoms with Gasteiger partial charge in [-0.1, -0.05) is 12.1 Å². The summed E-state index contributed by atoms with van der Waals surface area (Å²) < 4.78 is 6.17. The molecule has 1 aromatic heterocycles. The van der Waals surface area contributed by atoms with E-state index in [1.807, 2.05) is 18.2 Å². The van der Waals surface area contributed by atoms with Gasteiger partial charge in [0.15, 0.2) is 5.43 Å². The van der Waals surface area contributed by atoms with Gasteiger partial charge in [-0.2, -0.15) is 0 Å². The Bertz CT molecular complexity index is 851. The van der Waals surface area contributed by atoms with Gasteiger partial charge in [-0.25, -0.2) is 4.79 Å². The molecule has 2 aromatic carbocycles. The van der Waals surface area contributed by atoms with Crippen molar-refractivity contribution in [3.05, 3.63) is 52.7 Å². The molecule has 19 heavy (non-hydrogen) atoms. The van der Waals surface area contributed by atoms with Crippen LogP contribution >= 0.6 is 11.3 Å². The van der Waals surface area contributed by atoms with E-state index in [1.54, 1.807) is 18.2 Å². The van der Waals surface area contributed by atoms with E-state index in [1.165, 1.54) is 17.4 Å². The number of carbonyl (C=O) groups is 1. The van der Waals surface area contributed by atoms with Crippen LogP contribution < -0.4 is 10.2 Å². The zero-order valence-electron chi connectivity index (χ0n) is 9.62. The minimum absolute atomic E-state index is 0.0498. The number of hydrogen-bond acceptors (Lipinski definition) is 4. The van der Waals surface area contributed by atoms with Crippen molar-refractivity contribution < 1.29 is 14.6 Å². The summed E-state index contributed by atoms with van der Waals surface area (Å²) in [5.41, 5.74) is -0.0498. The molecule has 0 aliphatic carbocycles. The zero-order valence-corrected chi connectivity index (χ0v) is 10.4. The molecular weight excluding hydrogens is 264 g/mol. The first-order chi connectivity index (χ1) is 9.15. The molecule has 0 aliphatic heterocycles. The number of fused-ring (bicyclic) bond motifs is 2. The van der Waals surface area contributed by atoms with Crippen molar-refractivity contribution in [2.24, 2.45) is 0 Å². The fraction of sp³-hybridized carbons (Fsp3) is 0. The summed E-state index contributed by atoms with van der Waals surface area (Å²) >= 11 is 1.43. The average molecular weight is 272 g/mol. The maximum Gasteiger partial charge on any atom is 0.511 e. The smallest absolute Gasteiger partial charge is 0.449 e. The van der Waals surface area contributed by atoms with E-state index in [9.17, 15) is 9.59 Å². The first-order valence-corrected chi connectivity index (χ1v) is 6.33. The standard InChI is InChI=1S/C14H8O4S/c15-13-9-3-1-2-4-11(9)19-12-7-8(18-14(16)17)5-6-10(12)13/h1-7H,(H,16,17). The monoisotopic (exact) mass is 272 g/mol. The quantitative estimate of drug-likeness (QED) is 0.418. The van der Waals surface area contributed by atoms with Gasteiger partial charge in [0.2, 0.25) is 0 Å². The van der Waals surface area contributed by atoms with Crippen LogP contribution in [0.3, 0.4) is 0 Å². The summed E-state index contributed by atoms with van der Waals surface area (Å²) in [6.45, 7) is 0. The lowest BCUT2D eigenvalue weighted by Crippen LogP contribution is -2.04.